The molecule has 0 unspecified atom stereocenters. The first-order valence-corrected chi connectivity index (χ1v) is 9.68. The van der Waals surface area contributed by atoms with Crippen LogP contribution < -0.4 is 5.32 Å². The summed E-state index contributed by atoms with van der Waals surface area (Å²) in [5.41, 5.74) is 9.15. The summed E-state index contributed by atoms with van der Waals surface area (Å²) < 4.78 is 4.55. The molecule has 1 amide bonds. The summed E-state index contributed by atoms with van der Waals surface area (Å²) in [4.78, 5) is 12.9. The number of amides is 1. The van der Waals surface area contributed by atoms with Gasteiger partial charge in [0.1, 0.15) is 0 Å². The van der Waals surface area contributed by atoms with Crippen molar-refractivity contribution in [2.24, 2.45) is 14.1 Å². The Balaban J connectivity index is 2.04. The lowest BCUT2D eigenvalue weighted by atomic mass is 9.96. The Kier molecular flexibility index (Phi) is 2.79. The van der Waals surface area contributed by atoms with Gasteiger partial charge in [-0.25, -0.2) is 0 Å². The summed E-state index contributed by atoms with van der Waals surface area (Å²) in [5.74, 6) is 0.0422. The molecule has 0 radical (unpaired) electrons. The first kappa shape index (κ1) is 15.8. The van der Waals surface area contributed by atoms with Crippen LogP contribution in [0.15, 0.2) is 36.4 Å². The van der Waals surface area contributed by atoms with Gasteiger partial charge in [-0.15, -0.1) is 0 Å². The molecule has 3 heterocycles. The molecule has 1 aliphatic rings. The number of hydrogen-bond donors (Lipinski definition) is 1. The SMILES string of the molecule is Cc1ccc2c(c1)c1c3c(c4c5cc(C)ccc5n(C)c4c1n2C)C(=O)NC3. The van der Waals surface area contributed by atoms with Crippen LogP contribution in [-0.2, 0) is 20.6 Å². The Labute approximate surface area is 162 Å². The molecule has 0 spiro atoms. The van der Waals surface area contributed by atoms with Crippen LogP contribution in [0.2, 0.25) is 0 Å². The molecule has 138 valence electrons. The minimum Gasteiger partial charge on any atom is -0.348 e. The summed E-state index contributed by atoms with van der Waals surface area (Å²) in [7, 11) is 4.25. The van der Waals surface area contributed by atoms with Crippen molar-refractivity contribution in [2.75, 3.05) is 0 Å². The molecule has 2 aromatic heterocycles. The Morgan fingerprint density at radius 3 is 1.96 bits per heavy atom. The lowest BCUT2D eigenvalue weighted by Gasteiger charge is -2.08. The molecule has 28 heavy (non-hydrogen) atoms. The topological polar surface area (TPSA) is 39.0 Å². The van der Waals surface area contributed by atoms with Crippen molar-refractivity contribution in [2.45, 2.75) is 20.4 Å². The maximum Gasteiger partial charge on any atom is 0.252 e. The van der Waals surface area contributed by atoms with Crippen LogP contribution in [0.4, 0.5) is 0 Å². The molecule has 0 saturated heterocycles. The zero-order valence-corrected chi connectivity index (χ0v) is 16.5. The van der Waals surface area contributed by atoms with Gasteiger partial charge < -0.3 is 14.5 Å². The fourth-order valence-electron chi connectivity index (χ4n) is 5.19. The highest BCUT2D eigenvalue weighted by Crippen LogP contribution is 2.44. The largest absolute Gasteiger partial charge is 0.348 e. The van der Waals surface area contributed by atoms with E-state index in [1.54, 1.807) is 0 Å². The molecule has 0 fully saturated rings. The van der Waals surface area contributed by atoms with Gasteiger partial charge >= 0.3 is 0 Å². The van der Waals surface area contributed by atoms with Crippen molar-refractivity contribution in [1.29, 1.82) is 0 Å². The van der Waals surface area contributed by atoms with Gasteiger partial charge in [-0.2, -0.15) is 0 Å². The Morgan fingerprint density at radius 2 is 1.36 bits per heavy atom. The van der Waals surface area contributed by atoms with E-state index < -0.39 is 0 Å². The summed E-state index contributed by atoms with van der Waals surface area (Å²) in [6, 6.07) is 13.1. The van der Waals surface area contributed by atoms with Gasteiger partial charge in [0.15, 0.2) is 0 Å². The van der Waals surface area contributed by atoms with Gasteiger partial charge in [-0.1, -0.05) is 23.3 Å². The second-order valence-electron chi connectivity index (χ2n) is 8.14. The summed E-state index contributed by atoms with van der Waals surface area (Å²) in [5, 5.41) is 7.78. The van der Waals surface area contributed by atoms with Gasteiger partial charge in [0.2, 0.25) is 0 Å². The third kappa shape index (κ3) is 1.69. The number of benzene rings is 3. The third-order valence-electron chi connectivity index (χ3n) is 6.44. The summed E-state index contributed by atoms with van der Waals surface area (Å²) >= 11 is 0. The number of carbonyl (C=O) groups is 1. The molecule has 4 nitrogen and oxygen atoms in total. The van der Waals surface area contributed by atoms with Crippen molar-refractivity contribution >= 4 is 49.5 Å². The molecule has 0 aliphatic carbocycles. The average molecular weight is 367 g/mol. The normalized spacial score (nSPS) is 13.9. The van der Waals surface area contributed by atoms with E-state index in [2.05, 4.69) is 78.8 Å². The third-order valence-corrected chi connectivity index (χ3v) is 6.44. The monoisotopic (exact) mass is 367 g/mol. The molecule has 1 aliphatic heterocycles. The van der Waals surface area contributed by atoms with E-state index in [1.165, 1.54) is 32.9 Å². The van der Waals surface area contributed by atoms with Crippen molar-refractivity contribution in [1.82, 2.24) is 14.5 Å². The molecule has 6 rings (SSSR count). The molecule has 0 bridgehead atoms. The van der Waals surface area contributed by atoms with Crippen LogP contribution in [0.5, 0.6) is 0 Å². The maximum atomic E-state index is 12.9. The first-order chi connectivity index (χ1) is 13.5. The lowest BCUT2D eigenvalue weighted by molar-refractivity contribution is 0.0967. The number of nitrogens with zero attached hydrogens (tertiary/aromatic N) is 2. The molecule has 3 aromatic carbocycles. The van der Waals surface area contributed by atoms with E-state index in [0.717, 1.165) is 32.9 Å². The quantitative estimate of drug-likeness (QED) is 0.418. The standard InChI is InChI=1S/C24H21N3O/c1-12-5-7-17-14(9-12)19-16-11-25-24(28)21(16)20-15-10-13(2)6-8-18(15)27(4)23(20)22(19)26(17)3/h5-10H,11H2,1-4H3,(H,25,28). The zero-order valence-electron chi connectivity index (χ0n) is 16.5. The van der Waals surface area contributed by atoms with Gasteiger partial charge in [-0.05, 0) is 43.7 Å². The number of rotatable bonds is 0. The van der Waals surface area contributed by atoms with E-state index in [1.807, 2.05) is 0 Å². The summed E-state index contributed by atoms with van der Waals surface area (Å²) in [6.07, 6.45) is 0. The van der Waals surface area contributed by atoms with Crippen LogP contribution in [0, 0.1) is 13.8 Å². The molecule has 5 aromatic rings. The van der Waals surface area contributed by atoms with Crippen molar-refractivity contribution < 1.29 is 4.79 Å². The van der Waals surface area contributed by atoms with Crippen LogP contribution >= 0.6 is 0 Å². The highest BCUT2D eigenvalue weighted by molar-refractivity contribution is 6.30. The molecule has 0 atom stereocenters. The van der Waals surface area contributed by atoms with Gasteiger partial charge in [0, 0.05) is 53.2 Å². The number of carbonyl (C=O) groups excluding carboxylic acids is 1. The molecular weight excluding hydrogens is 346 g/mol. The Morgan fingerprint density at radius 1 is 0.821 bits per heavy atom. The smallest absolute Gasteiger partial charge is 0.252 e. The van der Waals surface area contributed by atoms with Gasteiger partial charge in [0.25, 0.3) is 5.91 Å². The van der Waals surface area contributed by atoms with Gasteiger partial charge in [-0.3, -0.25) is 4.79 Å². The van der Waals surface area contributed by atoms with Crippen LogP contribution in [0.1, 0.15) is 27.0 Å². The molecule has 1 N–H and O–H groups in total. The number of hydrogen-bond acceptors (Lipinski definition) is 1. The average Bonchev–Trinajstić information content (AvgIpc) is 3.27. The van der Waals surface area contributed by atoms with Crippen molar-refractivity contribution in [3.05, 3.63) is 58.7 Å². The van der Waals surface area contributed by atoms with Crippen molar-refractivity contribution in [3.8, 4) is 0 Å². The van der Waals surface area contributed by atoms with Gasteiger partial charge in [0.05, 0.1) is 16.6 Å². The van der Waals surface area contributed by atoms with Crippen LogP contribution in [-0.4, -0.2) is 15.0 Å². The Bertz CT molecular complexity index is 1510. The highest BCUT2D eigenvalue weighted by Gasteiger charge is 2.31. The summed E-state index contributed by atoms with van der Waals surface area (Å²) in [6.45, 7) is 4.83. The van der Waals surface area contributed by atoms with Crippen LogP contribution in [0.25, 0.3) is 43.6 Å². The second-order valence-corrected chi connectivity index (χ2v) is 8.14. The maximum absolute atomic E-state index is 12.9. The zero-order chi connectivity index (χ0) is 19.3. The molecule has 0 saturated carbocycles. The van der Waals surface area contributed by atoms with Crippen molar-refractivity contribution in [3.63, 3.8) is 0 Å². The lowest BCUT2D eigenvalue weighted by Crippen LogP contribution is -2.12. The number of nitrogens with one attached hydrogen (secondary N) is 1. The van der Waals surface area contributed by atoms with E-state index >= 15 is 0 Å². The number of fused-ring (bicyclic) bond motifs is 10. The number of aromatic nitrogens is 2. The van der Waals surface area contributed by atoms with Crippen LogP contribution in [0.3, 0.4) is 0 Å². The first-order valence-electron chi connectivity index (χ1n) is 9.68. The fourth-order valence-corrected chi connectivity index (χ4v) is 5.19. The second kappa shape index (κ2) is 4.96. The van der Waals surface area contributed by atoms with E-state index in [9.17, 15) is 4.79 Å². The Hall–Kier alpha value is -3.27. The fraction of sp³-hybridized carbons (Fsp3) is 0.208. The number of aryl methyl sites for hydroxylation is 4. The molecular formula is C24H21N3O. The minimum atomic E-state index is 0.0422. The van der Waals surface area contributed by atoms with E-state index in [0.29, 0.717) is 6.54 Å². The minimum absolute atomic E-state index is 0.0422. The predicted molar refractivity (Wildman–Crippen MR) is 115 cm³/mol. The molecule has 4 heteroatoms. The predicted octanol–water partition coefficient (Wildman–Crippen LogP) is 4.84. The highest BCUT2D eigenvalue weighted by atomic mass is 16.1. The van der Waals surface area contributed by atoms with E-state index in [-0.39, 0.29) is 5.91 Å². The van der Waals surface area contributed by atoms with E-state index in [4.69, 9.17) is 0 Å².